The Morgan fingerprint density at radius 3 is 1.38 bits per heavy atom. The number of hydrogen-bond donors (Lipinski definition) is 0. The average molecular weight is 356 g/mol. The van der Waals surface area contributed by atoms with Gasteiger partial charge in [0, 0.05) is 22.7 Å². The van der Waals surface area contributed by atoms with Gasteiger partial charge in [-0.3, -0.25) is 25.0 Å². The molecule has 0 aromatic heterocycles. The van der Waals surface area contributed by atoms with Crippen LogP contribution in [0.25, 0.3) is 0 Å². The molecule has 2 unspecified atom stereocenters. The first kappa shape index (κ1) is 19.2. The Balaban J connectivity index is 2.11. The molecule has 0 aliphatic heterocycles. The molecule has 2 aromatic rings. The molecule has 0 heterocycles. The second-order valence-corrected chi connectivity index (χ2v) is 6.19. The number of hydrogen-bond acceptors (Lipinski definition) is 5. The highest BCUT2D eigenvalue weighted by Crippen LogP contribution is 2.25. The first-order valence-corrected chi connectivity index (χ1v) is 8.31. The smallest absolute Gasteiger partial charge is 0.211 e. The van der Waals surface area contributed by atoms with E-state index in [1.165, 1.54) is 0 Å². The quantitative estimate of drug-likeness (QED) is 0.479. The highest BCUT2D eigenvalue weighted by molar-refractivity contribution is 5.80. The molecule has 0 saturated heterocycles. The van der Waals surface area contributed by atoms with Crippen LogP contribution < -0.4 is 0 Å². The largest absolute Gasteiger partial charge is 0.300 e. The molecule has 26 heavy (non-hydrogen) atoms. The Kier molecular flexibility index (Phi) is 6.96. The van der Waals surface area contributed by atoms with Crippen LogP contribution in [0.2, 0.25) is 0 Å². The molecular weight excluding hydrogens is 336 g/mol. The molecule has 7 heteroatoms. The van der Waals surface area contributed by atoms with Crippen LogP contribution in [0.5, 0.6) is 0 Å². The average Bonchev–Trinajstić information content (AvgIpc) is 2.61. The third-order valence-electron chi connectivity index (χ3n) is 4.23. The van der Waals surface area contributed by atoms with Crippen molar-refractivity contribution in [3.05, 3.63) is 92.0 Å². The fourth-order valence-electron chi connectivity index (χ4n) is 3.02. The van der Waals surface area contributed by atoms with E-state index in [1.807, 2.05) is 0 Å². The van der Waals surface area contributed by atoms with Gasteiger partial charge in [0.15, 0.2) is 0 Å². The van der Waals surface area contributed by atoms with Crippen LogP contribution >= 0.6 is 0 Å². The fraction of sp³-hybridized carbons (Fsp3) is 0.316. The normalized spacial score (nSPS) is 12.9. The summed E-state index contributed by atoms with van der Waals surface area (Å²) in [7, 11) is 0. The van der Waals surface area contributed by atoms with E-state index in [0.29, 0.717) is 0 Å². The zero-order chi connectivity index (χ0) is 18.9. The van der Waals surface area contributed by atoms with Crippen LogP contribution in [0, 0.1) is 20.2 Å². The minimum absolute atomic E-state index is 0.00790. The number of carbonyl (C=O) groups excluding carboxylic acids is 1. The van der Waals surface area contributed by atoms with Crippen LogP contribution in [0.4, 0.5) is 0 Å². The lowest BCUT2D eigenvalue weighted by molar-refractivity contribution is -0.483. The van der Waals surface area contributed by atoms with Crippen molar-refractivity contribution >= 4 is 5.78 Å². The Hall–Kier alpha value is -3.09. The van der Waals surface area contributed by atoms with Crippen molar-refractivity contribution in [3.63, 3.8) is 0 Å². The molecule has 0 amide bonds. The Labute approximate surface area is 151 Å². The molecule has 0 fully saturated rings. The van der Waals surface area contributed by atoms with Gasteiger partial charge in [-0.25, -0.2) is 0 Å². The monoisotopic (exact) mass is 356 g/mol. The molecular formula is C19H20N2O5. The molecule has 2 aromatic carbocycles. The summed E-state index contributed by atoms with van der Waals surface area (Å²) >= 11 is 0. The number of Topliss-reactive ketones (excluding diaryl/α,β-unsaturated/α-hetero) is 1. The van der Waals surface area contributed by atoms with Crippen molar-refractivity contribution < 1.29 is 14.6 Å². The number of benzene rings is 2. The zero-order valence-corrected chi connectivity index (χ0v) is 14.2. The summed E-state index contributed by atoms with van der Waals surface area (Å²) in [5.74, 6) is -1.28. The predicted octanol–water partition coefficient (Wildman–Crippen LogP) is 3.46. The lowest BCUT2D eigenvalue weighted by atomic mass is 9.88. The molecule has 0 spiro atoms. The lowest BCUT2D eigenvalue weighted by Crippen LogP contribution is -2.20. The highest BCUT2D eigenvalue weighted by atomic mass is 16.6. The first-order valence-electron chi connectivity index (χ1n) is 8.31. The van der Waals surface area contributed by atoms with Crippen LogP contribution in [-0.2, 0) is 4.79 Å². The lowest BCUT2D eigenvalue weighted by Gasteiger charge is -2.16. The van der Waals surface area contributed by atoms with Crippen molar-refractivity contribution in [2.75, 3.05) is 13.1 Å². The van der Waals surface area contributed by atoms with E-state index in [1.54, 1.807) is 60.7 Å². The van der Waals surface area contributed by atoms with E-state index in [4.69, 9.17) is 0 Å². The summed E-state index contributed by atoms with van der Waals surface area (Å²) in [5.41, 5.74) is 1.45. The van der Waals surface area contributed by atoms with Crippen LogP contribution in [0.3, 0.4) is 0 Å². The predicted molar refractivity (Wildman–Crippen MR) is 96.3 cm³/mol. The van der Waals surface area contributed by atoms with Crippen LogP contribution in [0.1, 0.15) is 35.8 Å². The SMILES string of the molecule is O=C(CC(C[N+](=O)[O-])c1ccccc1)CC(C[N+](=O)[O-])c1ccccc1. The molecule has 0 aliphatic rings. The van der Waals surface area contributed by atoms with Gasteiger partial charge >= 0.3 is 0 Å². The van der Waals surface area contributed by atoms with Gasteiger partial charge in [-0.05, 0) is 11.1 Å². The maximum Gasteiger partial charge on any atom is 0.211 e. The fourth-order valence-corrected chi connectivity index (χ4v) is 3.02. The van der Waals surface area contributed by atoms with Gasteiger partial charge in [0.1, 0.15) is 5.78 Å². The molecule has 0 bridgehead atoms. The summed E-state index contributed by atoms with van der Waals surface area (Å²) < 4.78 is 0. The molecule has 0 radical (unpaired) electrons. The Bertz CT molecular complexity index is 686. The van der Waals surface area contributed by atoms with Crippen LogP contribution in [0.15, 0.2) is 60.7 Å². The third-order valence-corrected chi connectivity index (χ3v) is 4.23. The maximum absolute atomic E-state index is 12.5. The van der Waals surface area contributed by atoms with Gasteiger partial charge in [-0.15, -0.1) is 0 Å². The minimum Gasteiger partial charge on any atom is -0.300 e. The van der Waals surface area contributed by atoms with Gasteiger partial charge < -0.3 is 0 Å². The highest BCUT2D eigenvalue weighted by Gasteiger charge is 2.26. The van der Waals surface area contributed by atoms with Gasteiger partial charge in [-0.2, -0.15) is 0 Å². The summed E-state index contributed by atoms with van der Waals surface area (Å²) in [6.45, 7) is -0.692. The number of carbonyl (C=O) groups is 1. The van der Waals surface area contributed by atoms with Gasteiger partial charge in [0.25, 0.3) is 0 Å². The number of rotatable bonds is 10. The zero-order valence-electron chi connectivity index (χ0n) is 14.2. The summed E-state index contributed by atoms with van der Waals surface area (Å²) in [4.78, 5) is 33.6. The second-order valence-electron chi connectivity index (χ2n) is 6.19. The van der Waals surface area contributed by atoms with Crippen molar-refractivity contribution in [1.82, 2.24) is 0 Å². The van der Waals surface area contributed by atoms with Crippen LogP contribution in [-0.4, -0.2) is 28.7 Å². The molecule has 2 rings (SSSR count). The number of ketones is 1. The van der Waals surface area contributed by atoms with Crippen molar-refractivity contribution in [1.29, 1.82) is 0 Å². The molecule has 136 valence electrons. The maximum atomic E-state index is 12.5. The van der Waals surface area contributed by atoms with E-state index in [0.717, 1.165) is 11.1 Å². The third kappa shape index (κ3) is 6.08. The van der Waals surface area contributed by atoms with E-state index >= 15 is 0 Å². The Morgan fingerprint density at radius 1 is 0.731 bits per heavy atom. The summed E-state index contributed by atoms with van der Waals surface area (Å²) in [6.07, 6.45) is -0.0158. The molecule has 0 aliphatic carbocycles. The molecule has 0 saturated carbocycles. The second kappa shape index (κ2) is 9.41. The van der Waals surface area contributed by atoms with E-state index in [2.05, 4.69) is 0 Å². The topological polar surface area (TPSA) is 103 Å². The van der Waals surface area contributed by atoms with Gasteiger partial charge in [-0.1, -0.05) is 60.7 Å². The van der Waals surface area contributed by atoms with Gasteiger partial charge in [0.2, 0.25) is 13.1 Å². The van der Waals surface area contributed by atoms with Crippen molar-refractivity contribution in [2.45, 2.75) is 24.7 Å². The number of nitro groups is 2. The minimum atomic E-state index is -0.536. The molecule has 7 nitrogen and oxygen atoms in total. The summed E-state index contributed by atoms with van der Waals surface area (Å²) in [5, 5.41) is 21.9. The summed E-state index contributed by atoms with van der Waals surface area (Å²) in [6, 6.07) is 17.7. The van der Waals surface area contributed by atoms with E-state index in [9.17, 15) is 25.0 Å². The van der Waals surface area contributed by atoms with E-state index < -0.39 is 21.7 Å². The Morgan fingerprint density at radius 2 is 1.08 bits per heavy atom. The van der Waals surface area contributed by atoms with Crippen molar-refractivity contribution in [2.24, 2.45) is 0 Å². The molecule has 0 N–H and O–H groups in total. The molecule has 2 atom stereocenters. The van der Waals surface area contributed by atoms with Gasteiger partial charge in [0.05, 0.1) is 11.8 Å². The number of nitrogens with zero attached hydrogens (tertiary/aromatic N) is 2. The first-order chi connectivity index (χ1) is 12.5. The van der Waals surface area contributed by atoms with E-state index in [-0.39, 0.29) is 31.7 Å². The standard InChI is InChI=1S/C19H20N2O5/c22-19(11-17(13-20(23)24)15-7-3-1-4-8-15)12-18(14-21(25)26)16-9-5-2-6-10-16/h1-10,17-18H,11-14H2. The van der Waals surface area contributed by atoms with Crippen molar-refractivity contribution in [3.8, 4) is 0 Å².